The van der Waals surface area contributed by atoms with Gasteiger partial charge in [0.1, 0.15) is 10.8 Å². The molecule has 0 bridgehead atoms. The summed E-state index contributed by atoms with van der Waals surface area (Å²) in [6, 6.07) is -0.00504. The Morgan fingerprint density at radius 2 is 2.20 bits per heavy atom. The molecule has 2 heterocycles. The van der Waals surface area contributed by atoms with Crippen LogP contribution in [0.15, 0.2) is 18.6 Å². The Morgan fingerprint density at radius 1 is 1.44 bits per heavy atom. The van der Waals surface area contributed by atoms with Crippen LogP contribution in [-0.4, -0.2) is 32.7 Å². The van der Waals surface area contributed by atoms with Crippen LogP contribution in [0.5, 0.6) is 0 Å². The number of hydrogen-bond donors (Lipinski definition) is 3. The predicted molar refractivity (Wildman–Crippen MR) is 96.9 cm³/mol. The van der Waals surface area contributed by atoms with Crippen molar-refractivity contribution >= 4 is 35.0 Å². The normalized spacial score (nSPS) is 15.9. The third kappa shape index (κ3) is 4.19. The fourth-order valence-electron chi connectivity index (χ4n) is 3.34. The van der Waals surface area contributed by atoms with Gasteiger partial charge in [-0.05, 0) is 18.8 Å². The summed E-state index contributed by atoms with van der Waals surface area (Å²) < 4.78 is 1.83. The highest BCUT2D eigenvalue weighted by molar-refractivity contribution is 6.32. The number of halogens is 1. The zero-order chi connectivity index (χ0) is 17.8. The van der Waals surface area contributed by atoms with E-state index in [1.807, 2.05) is 10.9 Å². The second-order valence-corrected chi connectivity index (χ2v) is 6.66. The summed E-state index contributed by atoms with van der Waals surface area (Å²) in [6.07, 6.45) is 9.98. The number of anilines is 3. The van der Waals surface area contributed by atoms with Crippen molar-refractivity contribution in [2.45, 2.75) is 38.1 Å². The molecule has 0 aliphatic heterocycles. The molecule has 0 spiro atoms. The van der Waals surface area contributed by atoms with E-state index in [0.717, 1.165) is 18.5 Å². The van der Waals surface area contributed by atoms with Gasteiger partial charge in [0.25, 0.3) is 0 Å². The maximum absolute atomic E-state index is 11.5. The number of nitrogens with two attached hydrogens (primary N) is 1. The molecular formula is C16H22ClN7O. The molecule has 9 heteroatoms. The molecule has 1 fully saturated rings. The fourth-order valence-corrected chi connectivity index (χ4v) is 3.53. The molecule has 0 radical (unpaired) electrons. The van der Waals surface area contributed by atoms with Gasteiger partial charge in [-0.1, -0.05) is 24.4 Å². The molecule has 0 aromatic carbocycles. The summed E-state index contributed by atoms with van der Waals surface area (Å²) in [5.41, 5.74) is 6.19. The number of amides is 1. The van der Waals surface area contributed by atoms with Gasteiger partial charge in [0.2, 0.25) is 11.9 Å². The number of primary amides is 1. The molecule has 134 valence electrons. The molecule has 4 N–H and O–H groups in total. The van der Waals surface area contributed by atoms with Crippen molar-refractivity contribution in [2.24, 2.45) is 11.7 Å². The zero-order valence-electron chi connectivity index (χ0n) is 14.1. The van der Waals surface area contributed by atoms with E-state index in [4.69, 9.17) is 17.3 Å². The van der Waals surface area contributed by atoms with Gasteiger partial charge < -0.3 is 16.4 Å². The molecule has 2 aromatic heterocycles. The van der Waals surface area contributed by atoms with Gasteiger partial charge in [-0.3, -0.25) is 9.48 Å². The van der Waals surface area contributed by atoms with Gasteiger partial charge in [0, 0.05) is 19.7 Å². The lowest BCUT2D eigenvalue weighted by Gasteiger charge is -2.22. The second kappa shape index (κ2) is 7.69. The summed E-state index contributed by atoms with van der Waals surface area (Å²) in [7, 11) is 1.74. The molecule has 8 nitrogen and oxygen atoms in total. The molecule has 25 heavy (non-hydrogen) atoms. The number of rotatable bonds is 7. The molecule has 1 unspecified atom stereocenters. The Labute approximate surface area is 151 Å². The molecule has 1 amide bonds. The Balaban J connectivity index is 1.77. The Bertz CT molecular complexity index is 742. The minimum atomic E-state index is -0.304. The van der Waals surface area contributed by atoms with Crippen molar-refractivity contribution in [3.63, 3.8) is 0 Å². The molecular weight excluding hydrogens is 342 g/mol. The van der Waals surface area contributed by atoms with Crippen molar-refractivity contribution in [3.05, 3.63) is 23.6 Å². The van der Waals surface area contributed by atoms with Crippen LogP contribution < -0.4 is 16.4 Å². The largest absolute Gasteiger partial charge is 0.372 e. The molecule has 3 rings (SSSR count). The highest BCUT2D eigenvalue weighted by Crippen LogP contribution is 2.36. The van der Waals surface area contributed by atoms with Crippen molar-refractivity contribution in [1.29, 1.82) is 0 Å². The SMILES string of the molecule is CNc1nc(Nc2cnn(C(CC(N)=O)C3CCCC3)c2)ncc1Cl. The molecule has 2 aromatic rings. The van der Waals surface area contributed by atoms with Gasteiger partial charge in [-0.25, -0.2) is 4.98 Å². The molecule has 1 aliphatic rings. The monoisotopic (exact) mass is 363 g/mol. The fraction of sp³-hybridized carbons (Fsp3) is 0.500. The van der Waals surface area contributed by atoms with E-state index in [9.17, 15) is 4.79 Å². The van der Waals surface area contributed by atoms with E-state index in [-0.39, 0.29) is 11.9 Å². The Morgan fingerprint density at radius 3 is 2.88 bits per heavy atom. The van der Waals surface area contributed by atoms with Crippen molar-refractivity contribution < 1.29 is 4.79 Å². The minimum absolute atomic E-state index is 0.00504. The average Bonchev–Trinajstić information content (AvgIpc) is 3.26. The summed E-state index contributed by atoms with van der Waals surface area (Å²) in [5, 5.41) is 10.9. The first-order chi connectivity index (χ1) is 12.1. The van der Waals surface area contributed by atoms with Crippen molar-refractivity contribution in [1.82, 2.24) is 19.7 Å². The Hall–Kier alpha value is -2.35. The number of hydrogen-bond acceptors (Lipinski definition) is 6. The third-order valence-corrected chi connectivity index (χ3v) is 4.81. The average molecular weight is 364 g/mol. The lowest BCUT2D eigenvalue weighted by molar-refractivity contribution is -0.119. The van der Waals surface area contributed by atoms with Crippen molar-refractivity contribution in [2.75, 3.05) is 17.7 Å². The lowest BCUT2D eigenvalue weighted by atomic mass is 9.95. The van der Waals surface area contributed by atoms with Gasteiger partial charge >= 0.3 is 0 Å². The molecule has 0 saturated heterocycles. The third-order valence-electron chi connectivity index (χ3n) is 4.53. The van der Waals surface area contributed by atoms with E-state index in [1.54, 1.807) is 13.2 Å². The van der Waals surface area contributed by atoms with E-state index >= 15 is 0 Å². The van der Waals surface area contributed by atoms with Crippen LogP contribution in [0.4, 0.5) is 17.5 Å². The van der Waals surface area contributed by atoms with Crippen LogP contribution in [0.3, 0.4) is 0 Å². The number of nitrogens with zero attached hydrogens (tertiary/aromatic N) is 4. The second-order valence-electron chi connectivity index (χ2n) is 6.26. The van der Waals surface area contributed by atoms with E-state index < -0.39 is 0 Å². The number of nitrogens with one attached hydrogen (secondary N) is 2. The Kier molecular flexibility index (Phi) is 5.37. The highest BCUT2D eigenvalue weighted by atomic mass is 35.5. The van der Waals surface area contributed by atoms with Crippen LogP contribution in [-0.2, 0) is 4.79 Å². The lowest BCUT2D eigenvalue weighted by Crippen LogP contribution is -2.24. The molecule has 1 atom stereocenters. The molecule has 1 saturated carbocycles. The summed E-state index contributed by atoms with van der Waals surface area (Å²) in [6.45, 7) is 0. The topological polar surface area (TPSA) is 111 Å². The van der Waals surface area contributed by atoms with E-state index in [1.165, 1.54) is 19.0 Å². The summed E-state index contributed by atoms with van der Waals surface area (Å²) >= 11 is 5.99. The van der Waals surface area contributed by atoms with Crippen LogP contribution in [0, 0.1) is 5.92 Å². The van der Waals surface area contributed by atoms with Crippen LogP contribution in [0.1, 0.15) is 38.1 Å². The van der Waals surface area contributed by atoms with Gasteiger partial charge in [0.05, 0.1) is 24.1 Å². The van der Waals surface area contributed by atoms with Crippen molar-refractivity contribution in [3.8, 4) is 0 Å². The highest BCUT2D eigenvalue weighted by Gasteiger charge is 2.28. The van der Waals surface area contributed by atoms with E-state index in [0.29, 0.717) is 29.1 Å². The first kappa shape index (κ1) is 17.5. The number of carbonyl (C=O) groups is 1. The maximum atomic E-state index is 11.5. The maximum Gasteiger partial charge on any atom is 0.229 e. The molecule has 1 aliphatic carbocycles. The van der Waals surface area contributed by atoms with Gasteiger partial charge in [0.15, 0.2) is 0 Å². The van der Waals surface area contributed by atoms with Gasteiger partial charge in [-0.2, -0.15) is 10.1 Å². The first-order valence-corrected chi connectivity index (χ1v) is 8.74. The van der Waals surface area contributed by atoms with Crippen LogP contribution >= 0.6 is 11.6 Å². The number of aromatic nitrogens is 4. The first-order valence-electron chi connectivity index (χ1n) is 8.36. The summed E-state index contributed by atoms with van der Waals surface area (Å²) in [5.74, 6) is 1.09. The standard InChI is InChI=1S/C16H22ClN7O/c1-19-15-12(17)8-20-16(23-15)22-11-7-21-24(9-11)13(6-14(18)25)10-4-2-3-5-10/h7-10,13H,2-6H2,1H3,(H2,18,25)(H2,19,20,22,23). The zero-order valence-corrected chi connectivity index (χ0v) is 14.8. The predicted octanol–water partition coefficient (Wildman–Crippen LogP) is 2.72. The van der Waals surface area contributed by atoms with Gasteiger partial charge in [-0.15, -0.1) is 0 Å². The smallest absolute Gasteiger partial charge is 0.229 e. The van der Waals surface area contributed by atoms with Crippen LogP contribution in [0.25, 0.3) is 0 Å². The minimum Gasteiger partial charge on any atom is -0.372 e. The number of carbonyl (C=O) groups excluding carboxylic acids is 1. The van der Waals surface area contributed by atoms with Crippen LogP contribution in [0.2, 0.25) is 5.02 Å². The summed E-state index contributed by atoms with van der Waals surface area (Å²) in [4.78, 5) is 19.9. The quantitative estimate of drug-likeness (QED) is 0.697. The van der Waals surface area contributed by atoms with E-state index in [2.05, 4.69) is 25.7 Å².